The van der Waals surface area contributed by atoms with Crippen molar-refractivity contribution in [3.8, 4) is 23.0 Å². The first kappa shape index (κ1) is 29.4. The first-order valence-electron chi connectivity index (χ1n) is 17.0. The summed E-state index contributed by atoms with van der Waals surface area (Å²) >= 11 is 1.83. The van der Waals surface area contributed by atoms with E-state index in [0.29, 0.717) is 17.2 Å². The molecule has 0 atom stereocenters. The molecule has 1 aliphatic rings. The van der Waals surface area contributed by atoms with Gasteiger partial charge in [-0.05, 0) is 108 Å². The van der Waals surface area contributed by atoms with E-state index < -0.39 is 0 Å². The maximum atomic E-state index is 6.38. The van der Waals surface area contributed by atoms with Crippen LogP contribution in [0, 0.1) is 0 Å². The van der Waals surface area contributed by atoms with E-state index in [1.807, 2.05) is 41.7 Å². The van der Waals surface area contributed by atoms with Crippen LogP contribution >= 0.6 is 11.3 Å². The highest BCUT2D eigenvalue weighted by molar-refractivity contribution is 7.25. The summed E-state index contributed by atoms with van der Waals surface area (Å²) in [5, 5.41) is 4.82. The highest BCUT2D eigenvalue weighted by Gasteiger charge is 2.22. The van der Waals surface area contributed by atoms with Crippen LogP contribution in [0.3, 0.4) is 0 Å². The number of para-hydroxylation sites is 4. The van der Waals surface area contributed by atoms with Gasteiger partial charge >= 0.3 is 0 Å². The number of anilines is 6. The van der Waals surface area contributed by atoms with Crippen molar-refractivity contribution in [2.24, 2.45) is 0 Å². The number of hydrogen-bond acceptors (Lipinski definition) is 5. The van der Waals surface area contributed by atoms with Crippen LogP contribution in [-0.4, -0.2) is 0 Å². The summed E-state index contributed by atoms with van der Waals surface area (Å²) in [6, 6.07) is 63.9. The minimum atomic E-state index is 0.686. The van der Waals surface area contributed by atoms with Crippen molar-refractivity contribution in [2.75, 3.05) is 9.80 Å². The lowest BCUT2D eigenvalue weighted by atomic mass is 10.1. The van der Waals surface area contributed by atoms with Crippen LogP contribution in [0.25, 0.3) is 30.9 Å². The van der Waals surface area contributed by atoms with Gasteiger partial charge in [0.25, 0.3) is 0 Å². The molecule has 4 nitrogen and oxygen atoms in total. The van der Waals surface area contributed by atoms with Crippen molar-refractivity contribution in [1.82, 2.24) is 0 Å². The topological polar surface area (TPSA) is 24.9 Å². The number of hydrogen-bond donors (Lipinski definition) is 0. The van der Waals surface area contributed by atoms with E-state index in [4.69, 9.17) is 9.47 Å². The molecule has 0 amide bonds. The van der Waals surface area contributed by atoms with Gasteiger partial charge in [0.05, 0.1) is 5.69 Å². The summed E-state index contributed by atoms with van der Waals surface area (Å²) in [5.74, 6) is 2.81. The molecular formula is C46H30N2O2S. The molecular weight excluding hydrogens is 645 g/mol. The summed E-state index contributed by atoms with van der Waals surface area (Å²) < 4.78 is 15.1. The van der Waals surface area contributed by atoms with E-state index in [9.17, 15) is 0 Å². The van der Waals surface area contributed by atoms with E-state index in [1.54, 1.807) is 0 Å². The first-order valence-corrected chi connectivity index (χ1v) is 17.8. The van der Waals surface area contributed by atoms with E-state index in [0.717, 1.165) is 39.9 Å². The highest BCUT2D eigenvalue weighted by Crippen LogP contribution is 2.49. The van der Waals surface area contributed by atoms with E-state index >= 15 is 0 Å². The Bertz CT molecular complexity index is 2680. The molecule has 1 aliphatic heterocycles. The summed E-state index contributed by atoms with van der Waals surface area (Å²) in [5.41, 5.74) is 6.45. The molecule has 0 unspecified atom stereocenters. The standard InChI is InChI=1S/C46H30N2O2S/c1-3-13-33(14-4-1)47(34-15-5-2-6-16-34)36-22-25-45-39(28-36)40-29-37(23-26-46(40)51-45)48(35-20-19-31-11-7-8-12-32(31)27-35)38-21-24-43-44(30-38)50-42-18-10-9-17-41(42)49-43/h1-30H. The minimum absolute atomic E-state index is 0.686. The van der Waals surface area contributed by atoms with Crippen LogP contribution in [0.5, 0.6) is 23.0 Å². The van der Waals surface area contributed by atoms with Crippen molar-refractivity contribution in [3.05, 3.63) is 182 Å². The maximum Gasteiger partial charge on any atom is 0.172 e. The fourth-order valence-corrected chi connectivity index (χ4v) is 8.12. The Labute approximate surface area is 299 Å². The van der Waals surface area contributed by atoms with Gasteiger partial charge in [-0.15, -0.1) is 11.3 Å². The molecule has 0 N–H and O–H groups in total. The monoisotopic (exact) mass is 674 g/mol. The molecule has 242 valence electrons. The van der Waals surface area contributed by atoms with Gasteiger partial charge in [-0.2, -0.15) is 0 Å². The molecule has 0 saturated heterocycles. The Morgan fingerprint density at radius 1 is 0.314 bits per heavy atom. The molecule has 9 aromatic rings. The zero-order valence-electron chi connectivity index (χ0n) is 27.4. The molecule has 10 rings (SSSR count). The molecule has 1 aromatic heterocycles. The Morgan fingerprint density at radius 2 is 0.765 bits per heavy atom. The van der Waals surface area contributed by atoms with Crippen LogP contribution in [0.4, 0.5) is 34.1 Å². The van der Waals surface area contributed by atoms with Crippen molar-refractivity contribution in [1.29, 1.82) is 0 Å². The number of fused-ring (bicyclic) bond motifs is 6. The molecule has 5 heteroatoms. The highest BCUT2D eigenvalue weighted by atomic mass is 32.1. The van der Waals surface area contributed by atoms with Gasteiger partial charge in [0, 0.05) is 54.7 Å². The molecule has 0 spiro atoms. The SMILES string of the molecule is c1ccc(N(c2ccccc2)c2ccc3sc4ccc(N(c5ccc6c(c5)Oc5ccccc5O6)c5ccc6ccccc6c5)cc4c3c2)cc1. The Kier molecular flexibility index (Phi) is 6.96. The van der Waals surface area contributed by atoms with Crippen molar-refractivity contribution in [2.45, 2.75) is 0 Å². The largest absolute Gasteiger partial charge is 0.450 e. The minimum Gasteiger partial charge on any atom is -0.450 e. The van der Waals surface area contributed by atoms with Gasteiger partial charge in [0.15, 0.2) is 23.0 Å². The van der Waals surface area contributed by atoms with Gasteiger partial charge in [-0.1, -0.05) is 78.9 Å². The quantitative estimate of drug-likeness (QED) is 0.175. The molecule has 0 fully saturated rings. The number of rotatable bonds is 6. The lowest BCUT2D eigenvalue weighted by molar-refractivity contribution is 0.360. The summed E-state index contributed by atoms with van der Waals surface area (Å²) in [7, 11) is 0. The second kappa shape index (κ2) is 12.1. The smallest absolute Gasteiger partial charge is 0.172 e. The number of ether oxygens (including phenoxy) is 2. The van der Waals surface area contributed by atoms with E-state index in [-0.39, 0.29) is 0 Å². The average molecular weight is 675 g/mol. The van der Waals surface area contributed by atoms with Crippen molar-refractivity contribution < 1.29 is 9.47 Å². The summed E-state index contributed by atoms with van der Waals surface area (Å²) in [4.78, 5) is 4.63. The molecule has 0 aliphatic carbocycles. The maximum absolute atomic E-state index is 6.38. The number of thiophene rings is 1. The van der Waals surface area contributed by atoms with Gasteiger partial charge < -0.3 is 19.3 Å². The van der Waals surface area contributed by atoms with Gasteiger partial charge in [0.2, 0.25) is 0 Å². The summed E-state index contributed by atoms with van der Waals surface area (Å²) in [6.45, 7) is 0. The molecule has 0 radical (unpaired) electrons. The Morgan fingerprint density at radius 3 is 1.41 bits per heavy atom. The zero-order valence-corrected chi connectivity index (χ0v) is 28.3. The van der Waals surface area contributed by atoms with Crippen LogP contribution < -0.4 is 19.3 Å². The second-order valence-corrected chi connectivity index (χ2v) is 13.7. The van der Waals surface area contributed by atoms with Crippen LogP contribution in [-0.2, 0) is 0 Å². The predicted octanol–water partition coefficient (Wildman–Crippen LogP) is 14.0. The lowest BCUT2D eigenvalue weighted by Gasteiger charge is -2.28. The molecule has 0 bridgehead atoms. The average Bonchev–Trinajstić information content (AvgIpc) is 3.55. The molecule has 0 saturated carbocycles. The first-order chi connectivity index (χ1) is 25.2. The third-order valence-corrected chi connectivity index (χ3v) is 10.6. The predicted molar refractivity (Wildman–Crippen MR) is 213 cm³/mol. The molecule has 2 heterocycles. The van der Waals surface area contributed by atoms with Crippen molar-refractivity contribution in [3.63, 3.8) is 0 Å². The van der Waals surface area contributed by atoms with Crippen molar-refractivity contribution >= 4 is 76.4 Å². The van der Waals surface area contributed by atoms with Crippen LogP contribution in [0.2, 0.25) is 0 Å². The number of benzene rings is 8. The third-order valence-electron chi connectivity index (χ3n) is 9.45. The fraction of sp³-hybridized carbons (Fsp3) is 0. The van der Waals surface area contributed by atoms with Crippen LogP contribution in [0.15, 0.2) is 182 Å². The van der Waals surface area contributed by atoms with E-state index in [2.05, 4.69) is 161 Å². The van der Waals surface area contributed by atoms with E-state index in [1.165, 1.54) is 30.9 Å². The fourth-order valence-electron chi connectivity index (χ4n) is 7.05. The third kappa shape index (κ3) is 5.23. The number of nitrogens with zero attached hydrogens (tertiary/aromatic N) is 2. The summed E-state index contributed by atoms with van der Waals surface area (Å²) in [6.07, 6.45) is 0. The Balaban J connectivity index is 1.13. The Hall–Kier alpha value is -6.56. The molecule has 51 heavy (non-hydrogen) atoms. The van der Waals surface area contributed by atoms with Crippen LogP contribution in [0.1, 0.15) is 0 Å². The zero-order chi connectivity index (χ0) is 33.7. The normalized spacial score (nSPS) is 11.8. The lowest BCUT2D eigenvalue weighted by Crippen LogP contribution is -2.10. The second-order valence-electron chi connectivity index (χ2n) is 12.6. The van der Waals surface area contributed by atoms with Gasteiger partial charge in [-0.3, -0.25) is 0 Å². The van der Waals surface area contributed by atoms with Gasteiger partial charge in [0.1, 0.15) is 0 Å². The molecule has 8 aromatic carbocycles. The van der Waals surface area contributed by atoms with Gasteiger partial charge in [-0.25, -0.2) is 0 Å².